The number of nitrogens with zero attached hydrogens (tertiary/aromatic N) is 2. The number of aromatic nitrogens is 2. The monoisotopic (exact) mass is 339 g/mol. The van der Waals surface area contributed by atoms with Crippen molar-refractivity contribution in [1.82, 2.24) is 15.1 Å². The average Bonchev–Trinajstić information content (AvgIpc) is 2.60. The van der Waals surface area contributed by atoms with Gasteiger partial charge in [-0.25, -0.2) is 9.07 Å². The Morgan fingerprint density at radius 1 is 1.16 bits per heavy atom. The van der Waals surface area contributed by atoms with E-state index in [4.69, 9.17) is 0 Å². The second-order valence-electron chi connectivity index (χ2n) is 5.94. The van der Waals surface area contributed by atoms with Gasteiger partial charge in [0.1, 0.15) is 5.82 Å². The highest BCUT2D eigenvalue weighted by atomic mass is 19.1. The van der Waals surface area contributed by atoms with Gasteiger partial charge in [-0.3, -0.25) is 9.59 Å². The first kappa shape index (κ1) is 16.8. The van der Waals surface area contributed by atoms with Crippen LogP contribution in [-0.4, -0.2) is 15.7 Å². The number of carbonyl (C=O) groups is 1. The van der Waals surface area contributed by atoms with Crippen molar-refractivity contribution >= 4 is 16.7 Å². The van der Waals surface area contributed by atoms with Crippen LogP contribution in [0.5, 0.6) is 0 Å². The molecule has 1 atom stereocenters. The summed E-state index contributed by atoms with van der Waals surface area (Å²) in [4.78, 5) is 24.5. The third-order valence-corrected chi connectivity index (χ3v) is 4.11. The molecule has 3 rings (SSSR count). The molecule has 0 fully saturated rings. The van der Waals surface area contributed by atoms with Crippen LogP contribution in [0.1, 0.15) is 24.2 Å². The van der Waals surface area contributed by atoms with E-state index in [9.17, 15) is 14.0 Å². The summed E-state index contributed by atoms with van der Waals surface area (Å²) in [6.45, 7) is 1.83. The van der Waals surface area contributed by atoms with Crippen LogP contribution >= 0.6 is 0 Å². The van der Waals surface area contributed by atoms with Gasteiger partial charge in [-0.1, -0.05) is 30.3 Å². The number of amides is 1. The van der Waals surface area contributed by atoms with Gasteiger partial charge < -0.3 is 5.32 Å². The Bertz CT molecular complexity index is 980. The lowest BCUT2D eigenvalue weighted by molar-refractivity contribution is -0.121. The minimum atomic E-state index is -0.317. The second kappa shape index (κ2) is 6.84. The first-order chi connectivity index (χ1) is 12.0. The zero-order chi connectivity index (χ0) is 18.0. The van der Waals surface area contributed by atoms with Crippen LogP contribution in [0.3, 0.4) is 0 Å². The van der Waals surface area contributed by atoms with Crippen molar-refractivity contribution in [2.45, 2.75) is 19.4 Å². The number of rotatable bonds is 4. The summed E-state index contributed by atoms with van der Waals surface area (Å²) in [6.07, 6.45) is 0.0557. The molecule has 0 unspecified atom stereocenters. The Morgan fingerprint density at radius 3 is 2.48 bits per heavy atom. The molecular weight excluding hydrogens is 321 g/mol. The first-order valence-electron chi connectivity index (χ1n) is 7.95. The van der Waals surface area contributed by atoms with E-state index in [-0.39, 0.29) is 29.7 Å². The van der Waals surface area contributed by atoms with E-state index in [2.05, 4.69) is 10.4 Å². The molecule has 25 heavy (non-hydrogen) atoms. The van der Waals surface area contributed by atoms with Gasteiger partial charge in [-0.2, -0.15) is 5.10 Å². The Kier molecular flexibility index (Phi) is 4.61. The molecule has 0 aliphatic rings. The molecule has 1 amide bonds. The maximum absolute atomic E-state index is 13.0. The molecule has 0 saturated heterocycles. The van der Waals surface area contributed by atoms with Crippen LogP contribution in [-0.2, 0) is 18.3 Å². The summed E-state index contributed by atoms with van der Waals surface area (Å²) in [5, 5.41) is 8.31. The largest absolute Gasteiger partial charge is 0.349 e. The van der Waals surface area contributed by atoms with E-state index in [1.807, 2.05) is 13.0 Å². The van der Waals surface area contributed by atoms with Crippen LogP contribution < -0.4 is 10.9 Å². The molecule has 0 bridgehead atoms. The van der Waals surface area contributed by atoms with Crippen molar-refractivity contribution in [2.75, 3.05) is 0 Å². The van der Waals surface area contributed by atoms with Crippen LogP contribution in [0.15, 0.2) is 53.3 Å². The van der Waals surface area contributed by atoms with Gasteiger partial charge >= 0.3 is 0 Å². The third kappa shape index (κ3) is 3.57. The summed E-state index contributed by atoms with van der Waals surface area (Å²) in [5.74, 6) is -0.531. The smallest absolute Gasteiger partial charge is 0.274 e. The minimum Gasteiger partial charge on any atom is -0.349 e. The highest BCUT2D eigenvalue weighted by molar-refractivity contribution is 5.88. The predicted octanol–water partition coefficient (Wildman–Crippen LogP) is 2.49. The Labute approximate surface area is 144 Å². The molecule has 0 aliphatic heterocycles. The molecule has 3 aromatic rings. The lowest BCUT2D eigenvalue weighted by Crippen LogP contribution is -2.30. The normalized spacial score (nSPS) is 12.1. The molecule has 1 heterocycles. The van der Waals surface area contributed by atoms with Crippen LogP contribution in [0, 0.1) is 5.82 Å². The Balaban J connectivity index is 1.81. The molecule has 128 valence electrons. The van der Waals surface area contributed by atoms with Gasteiger partial charge in [-0.15, -0.1) is 0 Å². The lowest BCUT2D eigenvalue weighted by atomic mass is 10.1. The maximum Gasteiger partial charge on any atom is 0.274 e. The SMILES string of the molecule is C[C@H](NC(=O)Cc1nn(C)c(=O)c2ccccc12)c1ccc(F)cc1. The molecule has 5 nitrogen and oxygen atoms in total. The van der Waals surface area contributed by atoms with Crippen molar-refractivity contribution in [1.29, 1.82) is 0 Å². The fourth-order valence-electron chi connectivity index (χ4n) is 2.79. The third-order valence-electron chi connectivity index (χ3n) is 4.11. The molecule has 2 aromatic carbocycles. The summed E-state index contributed by atoms with van der Waals surface area (Å²) in [6, 6.07) is 12.8. The standard InChI is InChI=1S/C19H18FN3O2/c1-12(13-7-9-14(20)10-8-13)21-18(24)11-17-15-5-3-4-6-16(15)19(25)23(2)22-17/h3-10,12H,11H2,1-2H3,(H,21,24)/t12-/m0/s1. The molecule has 1 aromatic heterocycles. The number of halogens is 1. The first-order valence-corrected chi connectivity index (χ1v) is 7.95. The molecule has 0 saturated carbocycles. The molecule has 0 aliphatic carbocycles. The fraction of sp³-hybridized carbons (Fsp3) is 0.211. The van der Waals surface area contributed by atoms with Gasteiger partial charge in [-0.05, 0) is 30.7 Å². The molecule has 1 N–H and O–H groups in total. The van der Waals surface area contributed by atoms with Crippen molar-refractivity contribution in [3.05, 3.63) is 76.0 Å². The summed E-state index contributed by atoms with van der Waals surface area (Å²) < 4.78 is 14.2. The Hall–Kier alpha value is -3.02. The van der Waals surface area contributed by atoms with E-state index >= 15 is 0 Å². The summed E-state index contributed by atoms with van der Waals surface area (Å²) in [5.41, 5.74) is 1.16. The zero-order valence-corrected chi connectivity index (χ0v) is 14.0. The minimum absolute atomic E-state index is 0.0557. The van der Waals surface area contributed by atoms with E-state index < -0.39 is 0 Å². The van der Waals surface area contributed by atoms with Crippen LogP contribution in [0.25, 0.3) is 10.8 Å². The number of hydrogen-bond donors (Lipinski definition) is 1. The highest BCUT2D eigenvalue weighted by Crippen LogP contribution is 2.15. The highest BCUT2D eigenvalue weighted by Gasteiger charge is 2.14. The number of fused-ring (bicyclic) bond motifs is 1. The van der Waals surface area contributed by atoms with Gasteiger partial charge in [0.25, 0.3) is 5.56 Å². The van der Waals surface area contributed by atoms with Crippen molar-refractivity contribution in [3.8, 4) is 0 Å². The van der Waals surface area contributed by atoms with E-state index in [1.165, 1.54) is 16.8 Å². The van der Waals surface area contributed by atoms with Crippen LogP contribution in [0.4, 0.5) is 4.39 Å². The second-order valence-corrected chi connectivity index (χ2v) is 5.94. The van der Waals surface area contributed by atoms with E-state index in [0.717, 1.165) is 5.56 Å². The van der Waals surface area contributed by atoms with E-state index in [1.54, 1.807) is 37.4 Å². The number of benzene rings is 2. The van der Waals surface area contributed by atoms with Gasteiger partial charge in [0, 0.05) is 12.4 Å². The average molecular weight is 339 g/mol. The fourth-order valence-corrected chi connectivity index (χ4v) is 2.79. The zero-order valence-electron chi connectivity index (χ0n) is 14.0. The molecule has 6 heteroatoms. The van der Waals surface area contributed by atoms with Gasteiger partial charge in [0.15, 0.2) is 0 Å². The molecule has 0 radical (unpaired) electrons. The van der Waals surface area contributed by atoms with Crippen molar-refractivity contribution in [2.24, 2.45) is 7.05 Å². The summed E-state index contributed by atoms with van der Waals surface area (Å²) >= 11 is 0. The van der Waals surface area contributed by atoms with E-state index in [0.29, 0.717) is 16.5 Å². The molecule has 0 spiro atoms. The quantitative estimate of drug-likeness (QED) is 0.794. The summed E-state index contributed by atoms with van der Waals surface area (Å²) in [7, 11) is 1.57. The number of nitrogens with one attached hydrogen (secondary N) is 1. The number of hydrogen-bond acceptors (Lipinski definition) is 3. The van der Waals surface area contributed by atoms with Crippen molar-refractivity contribution in [3.63, 3.8) is 0 Å². The number of aryl methyl sites for hydroxylation is 1. The number of carbonyl (C=O) groups excluding carboxylic acids is 1. The van der Waals surface area contributed by atoms with Gasteiger partial charge in [0.2, 0.25) is 5.91 Å². The lowest BCUT2D eigenvalue weighted by Gasteiger charge is -2.15. The predicted molar refractivity (Wildman–Crippen MR) is 93.6 cm³/mol. The van der Waals surface area contributed by atoms with Crippen LogP contribution in [0.2, 0.25) is 0 Å². The van der Waals surface area contributed by atoms with Gasteiger partial charge in [0.05, 0.1) is 23.5 Å². The Morgan fingerprint density at radius 2 is 1.80 bits per heavy atom. The topological polar surface area (TPSA) is 64.0 Å². The molecular formula is C19H18FN3O2. The van der Waals surface area contributed by atoms with Crippen molar-refractivity contribution < 1.29 is 9.18 Å². The maximum atomic E-state index is 13.0.